The van der Waals surface area contributed by atoms with Gasteiger partial charge in [0.05, 0.1) is 11.8 Å². The number of rotatable bonds is 11. The Morgan fingerprint density at radius 1 is 1.00 bits per heavy atom. The Bertz CT molecular complexity index is 2100. The van der Waals surface area contributed by atoms with E-state index in [1.807, 2.05) is 48.5 Å². The van der Waals surface area contributed by atoms with Crippen LogP contribution in [0.2, 0.25) is 0 Å². The van der Waals surface area contributed by atoms with Crippen LogP contribution in [0.1, 0.15) is 65.7 Å². The Kier molecular flexibility index (Phi) is 9.49. The number of para-hydroxylation sites is 2. The first kappa shape index (κ1) is 36.4. The van der Waals surface area contributed by atoms with Gasteiger partial charge in [0, 0.05) is 23.1 Å². The zero-order valence-corrected chi connectivity index (χ0v) is 30.8. The molecule has 1 aromatic heterocycles. The summed E-state index contributed by atoms with van der Waals surface area (Å²) in [6.45, 7) is 9.09. The third-order valence-electron chi connectivity index (χ3n) is 10.6. The quantitative estimate of drug-likeness (QED) is 0.149. The second-order valence-electron chi connectivity index (χ2n) is 15.6. The Hall–Kier alpha value is -4.92. The molecule has 3 aromatic rings. The van der Waals surface area contributed by atoms with E-state index in [0.29, 0.717) is 40.1 Å². The van der Waals surface area contributed by atoms with Gasteiger partial charge in [-0.2, -0.15) is 0 Å². The average Bonchev–Trinajstić information content (AvgIpc) is 4.03. The number of hydrogen-bond donors (Lipinski definition) is 3. The van der Waals surface area contributed by atoms with Crippen molar-refractivity contribution >= 4 is 55.8 Å². The number of fused-ring (bicyclic) bond motifs is 2. The molecule has 3 aliphatic carbocycles. The molecule has 4 aliphatic rings. The van der Waals surface area contributed by atoms with Gasteiger partial charge in [-0.3, -0.25) is 19.1 Å². The molecular formula is C38H45N5O9S. The highest BCUT2D eigenvalue weighted by Gasteiger charge is 2.62. The van der Waals surface area contributed by atoms with Gasteiger partial charge in [-0.1, -0.05) is 56.3 Å². The molecule has 4 fully saturated rings. The number of ether oxygens (including phenoxy) is 1. The zero-order valence-electron chi connectivity index (χ0n) is 30.0. The standard InChI is InChI=1S/C38H45N5O9S/c1-5-22-20-38(22,35(46)42-53(48,49)25-17-18-25)40-33(44)28-19-24(21-43(28)34(45)32(37(2,3)4)39-36(47)50-23-11-10-12-23)52-41-31-26-13-6-8-15-29(26)51-30-16-9-7-14-27(30)31/h5-9,13-16,22-25,28,32H,1,10-12,17-21H2,2-4H3,(H,39,47)(H,40,44)(H,42,46)/t22-,24-,28+,32-,38+/m1/s1. The minimum atomic E-state index is -3.90. The van der Waals surface area contributed by atoms with Crippen molar-refractivity contribution in [2.45, 2.75) is 101 Å². The van der Waals surface area contributed by atoms with Crippen molar-refractivity contribution in [3.05, 3.63) is 66.5 Å². The second kappa shape index (κ2) is 13.8. The molecule has 0 radical (unpaired) electrons. The summed E-state index contributed by atoms with van der Waals surface area (Å²) in [6.07, 6.45) is 3.30. The summed E-state index contributed by atoms with van der Waals surface area (Å²) in [4.78, 5) is 62.7. The smallest absolute Gasteiger partial charge is 0.408 e. The van der Waals surface area contributed by atoms with Crippen LogP contribution in [0.15, 0.2) is 70.8 Å². The van der Waals surface area contributed by atoms with Gasteiger partial charge in [0.25, 0.3) is 5.91 Å². The number of carbonyl (C=O) groups excluding carboxylic acids is 4. The minimum Gasteiger partial charge on any atom is -0.456 e. The number of hydrogen-bond acceptors (Lipinski definition) is 10. The Morgan fingerprint density at radius 3 is 2.19 bits per heavy atom. The fourth-order valence-corrected chi connectivity index (χ4v) is 8.35. The number of likely N-dealkylation sites (tertiary alicyclic amines) is 1. The van der Waals surface area contributed by atoms with Crippen molar-refractivity contribution < 1.29 is 41.6 Å². The largest absolute Gasteiger partial charge is 0.456 e. The zero-order chi connectivity index (χ0) is 37.7. The van der Waals surface area contributed by atoms with E-state index < -0.39 is 74.1 Å². The molecule has 1 saturated heterocycles. The molecule has 2 heterocycles. The van der Waals surface area contributed by atoms with Gasteiger partial charge >= 0.3 is 6.09 Å². The van der Waals surface area contributed by atoms with Crippen LogP contribution in [-0.4, -0.2) is 78.8 Å². The van der Waals surface area contributed by atoms with E-state index in [4.69, 9.17) is 14.0 Å². The van der Waals surface area contributed by atoms with Gasteiger partial charge in [-0.25, -0.2) is 13.2 Å². The molecule has 5 atom stereocenters. The normalized spacial score (nSPS) is 24.8. The van der Waals surface area contributed by atoms with Crippen LogP contribution < -0.4 is 20.7 Å². The van der Waals surface area contributed by atoms with E-state index in [1.54, 1.807) is 20.8 Å². The number of nitrogens with one attached hydrogen (secondary N) is 3. The predicted molar refractivity (Wildman–Crippen MR) is 194 cm³/mol. The first-order chi connectivity index (χ1) is 25.2. The van der Waals surface area contributed by atoms with E-state index in [-0.39, 0.29) is 25.5 Å². The molecule has 2 aromatic carbocycles. The summed E-state index contributed by atoms with van der Waals surface area (Å²) in [5.74, 6) is -2.59. The van der Waals surface area contributed by atoms with Crippen LogP contribution in [0.4, 0.5) is 4.79 Å². The molecule has 14 nitrogen and oxygen atoms in total. The Morgan fingerprint density at radius 2 is 1.64 bits per heavy atom. The van der Waals surface area contributed by atoms with Crippen molar-refractivity contribution in [2.75, 3.05) is 6.54 Å². The molecule has 7 rings (SSSR count). The molecule has 1 aliphatic heterocycles. The van der Waals surface area contributed by atoms with Crippen molar-refractivity contribution in [2.24, 2.45) is 16.5 Å². The molecule has 3 saturated carbocycles. The third-order valence-corrected chi connectivity index (χ3v) is 12.4. The van der Waals surface area contributed by atoms with E-state index in [0.717, 1.165) is 19.3 Å². The van der Waals surface area contributed by atoms with Crippen LogP contribution >= 0.6 is 0 Å². The number of benzene rings is 2. The Labute approximate surface area is 307 Å². The van der Waals surface area contributed by atoms with Gasteiger partial charge < -0.3 is 29.5 Å². The van der Waals surface area contributed by atoms with Crippen LogP contribution in [0, 0.1) is 11.3 Å². The summed E-state index contributed by atoms with van der Waals surface area (Å²) in [7, 11) is -3.90. The topological polar surface area (TPSA) is 186 Å². The average molecular weight is 748 g/mol. The SMILES string of the molecule is C=C[C@@H]1C[C@@]1(NC(=O)[C@@H]1C[C@@H](ON=c2c3ccccc3oc3ccccc23)CN1C(=O)[C@@H](NC(=O)OC1CCC1)C(C)(C)C)C(=O)NS(=O)(=O)C1CC1. The van der Waals surface area contributed by atoms with Crippen LogP contribution in [0.3, 0.4) is 0 Å². The van der Waals surface area contributed by atoms with Gasteiger partial charge in [0.1, 0.15) is 46.4 Å². The summed E-state index contributed by atoms with van der Waals surface area (Å²) in [6, 6.07) is 12.5. The fourth-order valence-electron chi connectivity index (χ4n) is 6.98. The van der Waals surface area contributed by atoms with Crippen molar-refractivity contribution in [3.63, 3.8) is 0 Å². The summed E-state index contributed by atoms with van der Waals surface area (Å²) >= 11 is 0. The number of amides is 4. The molecule has 53 heavy (non-hydrogen) atoms. The van der Waals surface area contributed by atoms with Crippen LogP contribution in [0.5, 0.6) is 0 Å². The predicted octanol–water partition coefficient (Wildman–Crippen LogP) is 3.75. The number of carbonyl (C=O) groups is 4. The maximum atomic E-state index is 14.5. The maximum absolute atomic E-state index is 14.5. The van der Waals surface area contributed by atoms with Crippen molar-refractivity contribution in [1.29, 1.82) is 0 Å². The van der Waals surface area contributed by atoms with Gasteiger partial charge in [0.15, 0.2) is 0 Å². The van der Waals surface area contributed by atoms with Crippen LogP contribution in [0.25, 0.3) is 21.9 Å². The van der Waals surface area contributed by atoms with Gasteiger partial charge in [-0.05, 0) is 68.2 Å². The van der Waals surface area contributed by atoms with E-state index in [9.17, 15) is 27.6 Å². The molecule has 15 heteroatoms. The first-order valence-electron chi connectivity index (χ1n) is 18.1. The lowest BCUT2D eigenvalue weighted by molar-refractivity contribution is -0.143. The Balaban J connectivity index is 1.19. The maximum Gasteiger partial charge on any atom is 0.408 e. The van der Waals surface area contributed by atoms with Crippen LogP contribution in [-0.2, 0) is 34.0 Å². The lowest BCUT2D eigenvalue weighted by Crippen LogP contribution is -2.60. The van der Waals surface area contributed by atoms with E-state index >= 15 is 0 Å². The van der Waals surface area contributed by atoms with E-state index in [2.05, 4.69) is 27.1 Å². The second-order valence-corrected chi connectivity index (χ2v) is 17.5. The van der Waals surface area contributed by atoms with Crippen molar-refractivity contribution in [3.8, 4) is 0 Å². The number of sulfonamides is 1. The van der Waals surface area contributed by atoms with Crippen molar-refractivity contribution in [1.82, 2.24) is 20.3 Å². The minimum absolute atomic E-state index is 0.00560. The highest BCUT2D eigenvalue weighted by molar-refractivity contribution is 7.91. The summed E-state index contributed by atoms with van der Waals surface area (Å²) in [5.41, 5.74) is -1.17. The number of nitrogens with zero attached hydrogens (tertiary/aromatic N) is 2. The first-order valence-corrected chi connectivity index (χ1v) is 19.6. The summed E-state index contributed by atoms with van der Waals surface area (Å²) in [5, 5.41) is 11.4. The highest BCUT2D eigenvalue weighted by Crippen LogP contribution is 2.45. The van der Waals surface area contributed by atoms with Gasteiger partial charge in [-0.15, -0.1) is 6.58 Å². The number of alkyl carbamates (subject to hydrolysis) is 1. The lowest BCUT2D eigenvalue weighted by Gasteiger charge is -2.36. The monoisotopic (exact) mass is 747 g/mol. The molecule has 4 amide bonds. The third kappa shape index (κ3) is 7.35. The highest BCUT2D eigenvalue weighted by atomic mass is 32.2. The molecular weight excluding hydrogens is 703 g/mol. The van der Waals surface area contributed by atoms with E-state index in [1.165, 1.54) is 11.0 Å². The lowest BCUT2D eigenvalue weighted by atomic mass is 9.85. The molecule has 3 N–H and O–H groups in total. The molecule has 0 bridgehead atoms. The fraction of sp³-hybridized carbons (Fsp3) is 0.500. The molecule has 0 unspecified atom stereocenters. The van der Waals surface area contributed by atoms with Gasteiger partial charge in [0.2, 0.25) is 21.8 Å². The molecule has 282 valence electrons. The molecule has 0 spiro atoms. The summed E-state index contributed by atoms with van der Waals surface area (Å²) < 4.78 is 39.1.